The van der Waals surface area contributed by atoms with Crippen LogP contribution in [-0.2, 0) is 14.3 Å². The van der Waals surface area contributed by atoms with Crippen molar-refractivity contribution < 1.29 is 14.3 Å². The summed E-state index contributed by atoms with van der Waals surface area (Å²) in [6.07, 6.45) is 3.61. The first kappa shape index (κ1) is 13.9. The highest BCUT2D eigenvalue weighted by molar-refractivity contribution is 5.78. The van der Waals surface area contributed by atoms with E-state index in [0.29, 0.717) is 13.0 Å². The highest BCUT2D eigenvalue weighted by Gasteiger charge is 2.25. The molecule has 88 valence electrons. The molecule has 4 nitrogen and oxygen atoms in total. The number of unbranched alkanes of at least 4 members (excludes halogenated alkanes) is 1. The summed E-state index contributed by atoms with van der Waals surface area (Å²) < 4.78 is 4.90. The van der Waals surface area contributed by atoms with Gasteiger partial charge >= 0.3 is 5.97 Å². The molecule has 15 heavy (non-hydrogen) atoms. The smallest absolute Gasteiger partial charge is 0.328 e. The van der Waals surface area contributed by atoms with Crippen molar-refractivity contribution in [2.24, 2.45) is 5.92 Å². The Hall–Kier alpha value is -1.06. The maximum atomic E-state index is 11.5. The van der Waals surface area contributed by atoms with Crippen molar-refractivity contribution in [1.29, 1.82) is 0 Å². The summed E-state index contributed by atoms with van der Waals surface area (Å²) in [5.74, 6) is -0.220. The van der Waals surface area contributed by atoms with E-state index in [1.807, 2.05) is 6.92 Å². The number of hydrogen-bond donors (Lipinski definition) is 1. The average molecular weight is 215 g/mol. The Kier molecular flexibility index (Phi) is 7.68. The second-order valence-corrected chi connectivity index (χ2v) is 3.63. The summed E-state index contributed by atoms with van der Waals surface area (Å²) in [5, 5.41) is 2.52. The highest BCUT2D eigenvalue weighted by Crippen LogP contribution is 2.13. The Balaban J connectivity index is 4.22. The van der Waals surface area contributed by atoms with Gasteiger partial charge in [-0.25, -0.2) is 4.79 Å². The minimum absolute atomic E-state index is 0.120. The summed E-state index contributed by atoms with van der Waals surface area (Å²) in [7, 11) is 0. The lowest BCUT2D eigenvalue weighted by Gasteiger charge is -2.21. The Morgan fingerprint density at radius 1 is 1.47 bits per heavy atom. The maximum Gasteiger partial charge on any atom is 0.328 e. The lowest BCUT2D eigenvalue weighted by molar-refractivity contribution is -0.148. The van der Waals surface area contributed by atoms with E-state index in [2.05, 4.69) is 12.2 Å². The van der Waals surface area contributed by atoms with Gasteiger partial charge in [0.1, 0.15) is 6.04 Å². The third-order valence-electron chi connectivity index (χ3n) is 2.37. The molecule has 0 fully saturated rings. The van der Waals surface area contributed by atoms with Crippen molar-refractivity contribution >= 4 is 12.4 Å². The number of rotatable bonds is 8. The lowest BCUT2D eigenvalue weighted by atomic mass is 9.96. The SMILES string of the molecule is CCCCC(C)C(NC=O)C(=O)OCC. The fourth-order valence-electron chi connectivity index (χ4n) is 1.46. The number of nitrogens with one attached hydrogen (secondary N) is 1. The van der Waals surface area contributed by atoms with Gasteiger partial charge in [0.2, 0.25) is 6.41 Å². The second-order valence-electron chi connectivity index (χ2n) is 3.63. The topological polar surface area (TPSA) is 55.4 Å². The molecule has 0 heterocycles. The number of ether oxygens (including phenoxy) is 1. The average Bonchev–Trinajstić information content (AvgIpc) is 2.22. The Bertz CT molecular complexity index is 194. The van der Waals surface area contributed by atoms with Crippen molar-refractivity contribution in [2.45, 2.75) is 46.1 Å². The van der Waals surface area contributed by atoms with Gasteiger partial charge in [-0.05, 0) is 19.3 Å². The molecule has 0 aromatic carbocycles. The fraction of sp³-hybridized carbons (Fsp3) is 0.818. The van der Waals surface area contributed by atoms with E-state index in [0.717, 1.165) is 19.3 Å². The molecule has 0 spiro atoms. The van der Waals surface area contributed by atoms with Gasteiger partial charge in [0.05, 0.1) is 6.61 Å². The Morgan fingerprint density at radius 3 is 2.60 bits per heavy atom. The zero-order valence-electron chi connectivity index (χ0n) is 9.79. The first-order valence-corrected chi connectivity index (χ1v) is 5.53. The summed E-state index contributed by atoms with van der Waals surface area (Å²) in [6, 6.07) is -0.506. The Labute approximate surface area is 91.4 Å². The molecule has 0 radical (unpaired) electrons. The van der Waals surface area contributed by atoms with Gasteiger partial charge in [0.15, 0.2) is 0 Å². The van der Waals surface area contributed by atoms with Crippen LogP contribution in [0.5, 0.6) is 0 Å². The normalized spacial score (nSPS) is 14.1. The molecular weight excluding hydrogens is 194 g/mol. The van der Waals surface area contributed by atoms with Crippen molar-refractivity contribution in [1.82, 2.24) is 5.32 Å². The molecule has 1 N–H and O–H groups in total. The highest BCUT2D eigenvalue weighted by atomic mass is 16.5. The van der Waals surface area contributed by atoms with Gasteiger partial charge in [0.25, 0.3) is 0 Å². The molecule has 1 amide bonds. The van der Waals surface area contributed by atoms with Crippen LogP contribution in [0.2, 0.25) is 0 Å². The zero-order valence-corrected chi connectivity index (χ0v) is 9.79. The summed E-state index contributed by atoms with van der Waals surface area (Å²) in [5.41, 5.74) is 0. The van der Waals surface area contributed by atoms with E-state index in [4.69, 9.17) is 4.74 Å². The van der Waals surface area contributed by atoms with Crippen LogP contribution in [0.15, 0.2) is 0 Å². The van der Waals surface area contributed by atoms with Crippen LogP contribution in [0.3, 0.4) is 0 Å². The van der Waals surface area contributed by atoms with Crippen LogP contribution in [0.25, 0.3) is 0 Å². The predicted octanol–water partition coefficient (Wildman–Crippen LogP) is 1.49. The van der Waals surface area contributed by atoms with Crippen LogP contribution in [0.1, 0.15) is 40.0 Å². The standard InChI is InChI=1S/C11H21NO3/c1-4-6-7-9(3)10(12-8-13)11(14)15-5-2/h8-10H,4-7H2,1-3H3,(H,12,13). The van der Waals surface area contributed by atoms with E-state index in [-0.39, 0.29) is 11.9 Å². The summed E-state index contributed by atoms with van der Waals surface area (Å²) in [6.45, 7) is 6.15. The molecule has 2 atom stereocenters. The molecule has 0 aliphatic carbocycles. The van der Waals surface area contributed by atoms with Gasteiger partial charge in [-0.3, -0.25) is 4.79 Å². The van der Waals surface area contributed by atoms with Crippen molar-refractivity contribution in [2.75, 3.05) is 6.61 Å². The van der Waals surface area contributed by atoms with Gasteiger partial charge in [-0.1, -0.05) is 26.7 Å². The first-order valence-electron chi connectivity index (χ1n) is 5.53. The van der Waals surface area contributed by atoms with E-state index < -0.39 is 6.04 Å². The van der Waals surface area contributed by atoms with Crippen molar-refractivity contribution in [3.05, 3.63) is 0 Å². The minimum Gasteiger partial charge on any atom is -0.464 e. The van der Waals surface area contributed by atoms with E-state index in [1.165, 1.54) is 0 Å². The molecule has 0 rings (SSSR count). The molecule has 0 aromatic rings. The van der Waals surface area contributed by atoms with Gasteiger partial charge < -0.3 is 10.1 Å². The third kappa shape index (κ3) is 5.40. The number of carbonyl (C=O) groups is 2. The third-order valence-corrected chi connectivity index (χ3v) is 2.37. The largest absolute Gasteiger partial charge is 0.464 e. The lowest BCUT2D eigenvalue weighted by Crippen LogP contribution is -2.42. The van der Waals surface area contributed by atoms with E-state index in [9.17, 15) is 9.59 Å². The van der Waals surface area contributed by atoms with Crippen LogP contribution < -0.4 is 5.32 Å². The van der Waals surface area contributed by atoms with Crippen molar-refractivity contribution in [3.8, 4) is 0 Å². The van der Waals surface area contributed by atoms with Gasteiger partial charge in [-0.15, -0.1) is 0 Å². The maximum absolute atomic E-state index is 11.5. The van der Waals surface area contributed by atoms with E-state index in [1.54, 1.807) is 6.92 Å². The molecule has 4 heteroatoms. The molecule has 0 aliphatic rings. The monoisotopic (exact) mass is 215 g/mol. The van der Waals surface area contributed by atoms with Crippen LogP contribution in [-0.4, -0.2) is 25.0 Å². The first-order chi connectivity index (χ1) is 7.17. The second kappa shape index (κ2) is 8.26. The molecule has 0 saturated heterocycles. The number of esters is 1. The van der Waals surface area contributed by atoms with Crippen LogP contribution in [0.4, 0.5) is 0 Å². The minimum atomic E-state index is -0.506. The summed E-state index contributed by atoms with van der Waals surface area (Å²) >= 11 is 0. The predicted molar refractivity (Wildman–Crippen MR) is 58.3 cm³/mol. The molecule has 0 aromatic heterocycles. The van der Waals surface area contributed by atoms with Crippen LogP contribution in [0, 0.1) is 5.92 Å². The van der Waals surface area contributed by atoms with E-state index >= 15 is 0 Å². The zero-order chi connectivity index (χ0) is 11.7. The van der Waals surface area contributed by atoms with Gasteiger partial charge in [0, 0.05) is 0 Å². The quantitative estimate of drug-likeness (QED) is 0.493. The molecule has 2 unspecified atom stereocenters. The Morgan fingerprint density at radius 2 is 2.13 bits per heavy atom. The van der Waals surface area contributed by atoms with Crippen molar-refractivity contribution in [3.63, 3.8) is 0 Å². The molecule has 0 aliphatic heterocycles. The number of amides is 1. The molecule has 0 bridgehead atoms. The fourth-order valence-corrected chi connectivity index (χ4v) is 1.46. The van der Waals surface area contributed by atoms with Gasteiger partial charge in [-0.2, -0.15) is 0 Å². The molecule has 0 saturated carbocycles. The van der Waals surface area contributed by atoms with Crippen LogP contribution >= 0.6 is 0 Å². The number of hydrogen-bond acceptors (Lipinski definition) is 3. The number of carbonyl (C=O) groups excluding carboxylic acids is 2. The summed E-state index contributed by atoms with van der Waals surface area (Å²) in [4.78, 5) is 21.9. The molecular formula is C11H21NO3.